The molecule has 1 N–H and O–H groups in total. The van der Waals surface area contributed by atoms with Gasteiger partial charge in [-0.25, -0.2) is 9.07 Å². The Labute approximate surface area is 159 Å². The van der Waals surface area contributed by atoms with E-state index in [1.807, 2.05) is 6.92 Å². The predicted molar refractivity (Wildman–Crippen MR) is 105 cm³/mol. The van der Waals surface area contributed by atoms with Crippen molar-refractivity contribution in [1.29, 1.82) is 0 Å². The molecule has 0 aliphatic rings. The number of hydrogen-bond acceptors (Lipinski definition) is 3. The molecule has 0 saturated heterocycles. The highest BCUT2D eigenvalue weighted by Crippen LogP contribution is 2.15. The van der Waals surface area contributed by atoms with Gasteiger partial charge in [-0.15, -0.1) is 0 Å². The van der Waals surface area contributed by atoms with Crippen molar-refractivity contribution in [3.05, 3.63) is 52.6 Å². The number of amides is 1. The minimum Gasteiger partial charge on any atom is -0.352 e. The summed E-state index contributed by atoms with van der Waals surface area (Å²) in [6.45, 7) is 6.24. The number of carbonyl (C=O) groups is 1. The summed E-state index contributed by atoms with van der Waals surface area (Å²) in [5, 5.41) is 7.16. The molecule has 1 heterocycles. The monoisotopic (exact) mass is 373 g/mol. The van der Waals surface area contributed by atoms with Gasteiger partial charge in [-0.3, -0.25) is 9.59 Å². The Kier molecular flexibility index (Phi) is 7.70. The summed E-state index contributed by atoms with van der Waals surface area (Å²) in [5.74, 6) is 0.118. The van der Waals surface area contributed by atoms with Crippen molar-refractivity contribution in [3.63, 3.8) is 0 Å². The number of halogens is 1. The number of aromatic nitrogens is 2. The van der Waals surface area contributed by atoms with Crippen LogP contribution in [0.3, 0.4) is 0 Å². The molecule has 6 heteroatoms. The number of unbranched alkanes of at least 4 members (excludes halogenated alkanes) is 1. The third kappa shape index (κ3) is 6.96. The minimum atomic E-state index is -0.347. The largest absolute Gasteiger partial charge is 0.352 e. The first-order valence-electron chi connectivity index (χ1n) is 9.48. The fraction of sp³-hybridized carbons (Fsp3) is 0.476. The lowest BCUT2D eigenvalue weighted by Gasteiger charge is -2.15. The van der Waals surface area contributed by atoms with Gasteiger partial charge in [0.1, 0.15) is 12.4 Å². The first-order chi connectivity index (χ1) is 12.8. The van der Waals surface area contributed by atoms with Gasteiger partial charge in [0.05, 0.1) is 5.69 Å². The number of nitrogens with zero attached hydrogens (tertiary/aromatic N) is 2. The van der Waals surface area contributed by atoms with Gasteiger partial charge in [-0.2, -0.15) is 5.10 Å². The lowest BCUT2D eigenvalue weighted by Crippen LogP contribution is -2.38. The number of carbonyl (C=O) groups excluding carboxylic acids is 1. The van der Waals surface area contributed by atoms with Gasteiger partial charge < -0.3 is 5.32 Å². The first kappa shape index (κ1) is 20.8. The summed E-state index contributed by atoms with van der Waals surface area (Å²) in [4.78, 5) is 24.3. The summed E-state index contributed by atoms with van der Waals surface area (Å²) in [6.07, 6.45) is 4.32. The SMILES string of the molecule is CC(C)CCCC[C@H](C)NC(=O)Cn1nc(-c2ccc(F)cc2)ccc1=O. The molecule has 0 aliphatic carbocycles. The summed E-state index contributed by atoms with van der Waals surface area (Å²) in [7, 11) is 0. The molecule has 1 amide bonds. The zero-order valence-corrected chi connectivity index (χ0v) is 16.2. The van der Waals surface area contributed by atoms with Gasteiger partial charge in [0, 0.05) is 17.7 Å². The van der Waals surface area contributed by atoms with E-state index in [0.29, 0.717) is 17.2 Å². The average molecular weight is 373 g/mol. The molecule has 146 valence electrons. The third-order valence-corrected chi connectivity index (χ3v) is 4.38. The maximum atomic E-state index is 13.1. The zero-order valence-electron chi connectivity index (χ0n) is 16.2. The normalized spacial score (nSPS) is 12.2. The van der Waals surface area contributed by atoms with E-state index in [2.05, 4.69) is 24.3 Å². The molecule has 1 aromatic carbocycles. The Morgan fingerprint density at radius 1 is 1.07 bits per heavy atom. The first-order valence-corrected chi connectivity index (χ1v) is 9.48. The van der Waals surface area contributed by atoms with Crippen LogP contribution in [0.15, 0.2) is 41.2 Å². The molecule has 0 bridgehead atoms. The molecule has 2 aromatic rings. The van der Waals surface area contributed by atoms with Crippen molar-refractivity contribution >= 4 is 5.91 Å². The number of hydrogen-bond donors (Lipinski definition) is 1. The van der Waals surface area contributed by atoms with Gasteiger partial charge in [0.15, 0.2) is 0 Å². The van der Waals surface area contributed by atoms with E-state index in [4.69, 9.17) is 0 Å². The van der Waals surface area contributed by atoms with Crippen molar-refractivity contribution in [2.75, 3.05) is 0 Å². The number of benzene rings is 1. The zero-order chi connectivity index (χ0) is 19.8. The average Bonchev–Trinajstić information content (AvgIpc) is 2.61. The van der Waals surface area contributed by atoms with Crippen LogP contribution in [0.1, 0.15) is 46.5 Å². The molecule has 1 atom stereocenters. The third-order valence-electron chi connectivity index (χ3n) is 4.38. The molecule has 2 rings (SSSR count). The highest BCUT2D eigenvalue weighted by atomic mass is 19.1. The molecular formula is C21H28FN3O2. The number of rotatable bonds is 9. The van der Waals surface area contributed by atoms with Crippen LogP contribution in [0.25, 0.3) is 11.3 Å². The van der Waals surface area contributed by atoms with Crippen LogP contribution in [-0.2, 0) is 11.3 Å². The van der Waals surface area contributed by atoms with Gasteiger partial charge in [-0.1, -0.05) is 33.1 Å². The molecular weight excluding hydrogens is 345 g/mol. The van der Waals surface area contributed by atoms with Crippen molar-refractivity contribution in [2.45, 2.75) is 59.0 Å². The van der Waals surface area contributed by atoms with Crippen molar-refractivity contribution < 1.29 is 9.18 Å². The molecule has 0 aliphatic heterocycles. The van der Waals surface area contributed by atoms with E-state index in [9.17, 15) is 14.0 Å². The Morgan fingerprint density at radius 2 is 1.74 bits per heavy atom. The fourth-order valence-corrected chi connectivity index (χ4v) is 2.87. The molecule has 0 radical (unpaired) electrons. The maximum absolute atomic E-state index is 13.1. The van der Waals surface area contributed by atoms with Gasteiger partial charge in [0.2, 0.25) is 5.91 Å². The summed E-state index contributed by atoms with van der Waals surface area (Å²) in [5.41, 5.74) is 0.855. The molecule has 5 nitrogen and oxygen atoms in total. The molecule has 0 spiro atoms. The van der Waals surface area contributed by atoms with Crippen LogP contribution in [0.2, 0.25) is 0 Å². The summed E-state index contributed by atoms with van der Waals surface area (Å²) >= 11 is 0. The van der Waals surface area contributed by atoms with E-state index in [0.717, 1.165) is 23.9 Å². The van der Waals surface area contributed by atoms with Gasteiger partial charge in [-0.05, 0) is 49.6 Å². The maximum Gasteiger partial charge on any atom is 0.267 e. The van der Waals surface area contributed by atoms with Crippen LogP contribution in [-0.4, -0.2) is 21.7 Å². The highest BCUT2D eigenvalue weighted by molar-refractivity contribution is 5.76. The van der Waals surface area contributed by atoms with Crippen LogP contribution in [0.5, 0.6) is 0 Å². The smallest absolute Gasteiger partial charge is 0.267 e. The lowest BCUT2D eigenvalue weighted by atomic mass is 10.0. The second kappa shape index (κ2) is 10.00. The Hall–Kier alpha value is -2.50. The summed E-state index contributed by atoms with van der Waals surface area (Å²) in [6, 6.07) is 8.84. The number of nitrogens with one attached hydrogen (secondary N) is 1. The second-order valence-corrected chi connectivity index (χ2v) is 7.37. The molecule has 1 aromatic heterocycles. The Balaban J connectivity index is 1.94. The van der Waals surface area contributed by atoms with E-state index >= 15 is 0 Å². The molecule has 27 heavy (non-hydrogen) atoms. The second-order valence-electron chi connectivity index (χ2n) is 7.37. The fourth-order valence-electron chi connectivity index (χ4n) is 2.87. The van der Waals surface area contributed by atoms with Gasteiger partial charge in [0.25, 0.3) is 5.56 Å². The minimum absolute atomic E-state index is 0.0562. The van der Waals surface area contributed by atoms with E-state index in [-0.39, 0.29) is 29.9 Å². The summed E-state index contributed by atoms with van der Waals surface area (Å²) < 4.78 is 14.2. The Morgan fingerprint density at radius 3 is 2.41 bits per heavy atom. The van der Waals surface area contributed by atoms with Crippen LogP contribution in [0, 0.1) is 11.7 Å². The topological polar surface area (TPSA) is 64.0 Å². The Bertz CT molecular complexity index is 800. The van der Waals surface area contributed by atoms with Crippen LogP contribution >= 0.6 is 0 Å². The molecule has 0 fully saturated rings. The molecule has 0 saturated carbocycles. The van der Waals surface area contributed by atoms with E-state index in [1.54, 1.807) is 18.2 Å². The van der Waals surface area contributed by atoms with E-state index < -0.39 is 0 Å². The van der Waals surface area contributed by atoms with E-state index in [1.165, 1.54) is 24.6 Å². The lowest BCUT2D eigenvalue weighted by molar-refractivity contribution is -0.122. The van der Waals surface area contributed by atoms with Crippen molar-refractivity contribution in [1.82, 2.24) is 15.1 Å². The standard InChI is InChI=1S/C21H28FN3O2/c1-15(2)6-4-5-7-16(3)23-20(26)14-25-21(27)13-12-19(24-25)17-8-10-18(22)11-9-17/h8-13,15-16H,4-7,14H2,1-3H3,(H,23,26)/t16-/m0/s1. The van der Waals surface area contributed by atoms with Crippen LogP contribution < -0.4 is 10.9 Å². The van der Waals surface area contributed by atoms with Gasteiger partial charge >= 0.3 is 0 Å². The van der Waals surface area contributed by atoms with Crippen LogP contribution in [0.4, 0.5) is 4.39 Å². The predicted octanol–water partition coefficient (Wildman–Crippen LogP) is 3.77. The van der Waals surface area contributed by atoms with Crippen molar-refractivity contribution in [2.24, 2.45) is 5.92 Å². The highest BCUT2D eigenvalue weighted by Gasteiger charge is 2.11. The molecule has 0 unspecified atom stereocenters. The quantitative estimate of drug-likeness (QED) is 0.681. The van der Waals surface area contributed by atoms with Crippen molar-refractivity contribution in [3.8, 4) is 11.3 Å².